The minimum Gasteiger partial charge on any atom is -0.308 e. The van der Waals surface area contributed by atoms with E-state index in [4.69, 9.17) is 0 Å². The van der Waals surface area contributed by atoms with E-state index in [1.54, 1.807) is 0 Å². The molecule has 0 atom stereocenters. The van der Waals surface area contributed by atoms with Gasteiger partial charge < -0.3 is 5.32 Å². The van der Waals surface area contributed by atoms with Gasteiger partial charge in [-0.2, -0.15) is 0 Å². The molecule has 0 bridgehead atoms. The van der Waals surface area contributed by atoms with E-state index in [9.17, 15) is 13.2 Å². The van der Waals surface area contributed by atoms with Crippen molar-refractivity contribution < 1.29 is 13.2 Å². The molecule has 4 nitrogen and oxygen atoms in total. The van der Waals surface area contributed by atoms with Gasteiger partial charge in [0.25, 0.3) is 0 Å². The Labute approximate surface area is 92.4 Å². The number of nitrogens with one attached hydrogen (secondary N) is 1. The summed E-state index contributed by atoms with van der Waals surface area (Å²) in [6.07, 6.45) is 0.739. The summed E-state index contributed by atoms with van der Waals surface area (Å²) in [5, 5.41) is 2.97. The van der Waals surface area contributed by atoms with Crippen LogP contribution in [0.3, 0.4) is 0 Å². The first-order valence-corrected chi connectivity index (χ1v) is 7.15. The SMILES string of the molecule is CCCS(=O)(=O)CCC(=O)CNC(C)C. The first-order chi connectivity index (χ1) is 6.87. The third-order valence-electron chi connectivity index (χ3n) is 1.91. The highest BCUT2D eigenvalue weighted by Gasteiger charge is 2.12. The number of ketones is 1. The van der Waals surface area contributed by atoms with E-state index in [2.05, 4.69) is 5.32 Å². The lowest BCUT2D eigenvalue weighted by atomic mass is 10.3. The van der Waals surface area contributed by atoms with Crippen molar-refractivity contribution in [2.24, 2.45) is 0 Å². The molecule has 0 radical (unpaired) electrons. The summed E-state index contributed by atoms with van der Waals surface area (Å²) in [4.78, 5) is 11.3. The summed E-state index contributed by atoms with van der Waals surface area (Å²) in [5.41, 5.74) is 0. The molecule has 0 aromatic heterocycles. The van der Waals surface area contributed by atoms with Crippen LogP contribution >= 0.6 is 0 Å². The van der Waals surface area contributed by atoms with Gasteiger partial charge in [0.15, 0.2) is 9.84 Å². The summed E-state index contributed by atoms with van der Waals surface area (Å²) in [6, 6.07) is 0.251. The molecule has 0 spiro atoms. The second-order valence-electron chi connectivity index (χ2n) is 3.98. The average molecular weight is 235 g/mol. The second-order valence-corrected chi connectivity index (χ2v) is 6.28. The lowest BCUT2D eigenvalue weighted by Crippen LogP contribution is -2.30. The van der Waals surface area contributed by atoms with Crippen LogP contribution in [0.4, 0.5) is 0 Å². The van der Waals surface area contributed by atoms with Crippen LogP contribution in [0.1, 0.15) is 33.6 Å². The minimum absolute atomic E-state index is 0.0144. The molecule has 0 saturated carbocycles. The maximum atomic E-state index is 11.3. The quantitative estimate of drug-likeness (QED) is 0.675. The molecule has 0 amide bonds. The van der Waals surface area contributed by atoms with Crippen LogP contribution in [0, 0.1) is 0 Å². The Kier molecular flexibility index (Phi) is 6.76. The molecular formula is C10H21NO3S. The summed E-state index contributed by atoms with van der Waals surface area (Å²) in [5.74, 6) is 0.125. The van der Waals surface area contributed by atoms with Gasteiger partial charge in [-0.05, 0) is 6.42 Å². The molecule has 0 aliphatic heterocycles. The average Bonchev–Trinajstić information content (AvgIpc) is 2.11. The van der Waals surface area contributed by atoms with E-state index < -0.39 is 9.84 Å². The Morgan fingerprint density at radius 3 is 2.33 bits per heavy atom. The van der Waals surface area contributed by atoms with Crippen molar-refractivity contribution >= 4 is 15.6 Å². The topological polar surface area (TPSA) is 63.2 Å². The lowest BCUT2D eigenvalue weighted by molar-refractivity contribution is -0.117. The molecule has 0 aliphatic rings. The van der Waals surface area contributed by atoms with Crippen molar-refractivity contribution in [3.8, 4) is 0 Å². The van der Waals surface area contributed by atoms with Crippen LogP contribution in [0.15, 0.2) is 0 Å². The van der Waals surface area contributed by atoms with Crippen molar-refractivity contribution in [3.05, 3.63) is 0 Å². The van der Waals surface area contributed by atoms with Crippen LogP contribution in [0.2, 0.25) is 0 Å². The second kappa shape index (κ2) is 6.95. The van der Waals surface area contributed by atoms with Crippen LogP contribution in [-0.2, 0) is 14.6 Å². The highest BCUT2D eigenvalue weighted by Crippen LogP contribution is 1.97. The van der Waals surface area contributed by atoms with E-state index in [1.807, 2.05) is 20.8 Å². The van der Waals surface area contributed by atoms with E-state index in [0.717, 1.165) is 0 Å². The fourth-order valence-corrected chi connectivity index (χ4v) is 2.45. The van der Waals surface area contributed by atoms with Gasteiger partial charge in [0.2, 0.25) is 0 Å². The van der Waals surface area contributed by atoms with Crippen LogP contribution < -0.4 is 5.32 Å². The summed E-state index contributed by atoms with van der Waals surface area (Å²) in [6.45, 7) is 5.97. The zero-order valence-corrected chi connectivity index (χ0v) is 10.6. The van der Waals surface area contributed by atoms with Gasteiger partial charge in [-0.1, -0.05) is 20.8 Å². The Morgan fingerprint density at radius 2 is 1.87 bits per heavy atom. The molecule has 5 heteroatoms. The van der Waals surface area contributed by atoms with Crippen molar-refractivity contribution in [2.75, 3.05) is 18.1 Å². The maximum Gasteiger partial charge on any atom is 0.150 e. The van der Waals surface area contributed by atoms with Gasteiger partial charge in [0.1, 0.15) is 5.78 Å². The van der Waals surface area contributed by atoms with Crippen molar-refractivity contribution in [3.63, 3.8) is 0 Å². The standard InChI is InChI=1S/C10H21NO3S/c1-4-6-15(13,14)7-5-10(12)8-11-9(2)3/h9,11H,4-8H2,1-3H3. The summed E-state index contributed by atoms with van der Waals surface area (Å²) in [7, 11) is -3.01. The Hall–Kier alpha value is -0.420. The zero-order chi connectivity index (χ0) is 11.9. The highest BCUT2D eigenvalue weighted by molar-refractivity contribution is 7.91. The van der Waals surface area contributed by atoms with Crippen LogP contribution in [-0.4, -0.2) is 38.3 Å². The number of carbonyl (C=O) groups is 1. The Balaban J connectivity index is 3.80. The van der Waals surface area contributed by atoms with Crippen LogP contribution in [0.5, 0.6) is 0 Å². The largest absolute Gasteiger partial charge is 0.308 e. The maximum absolute atomic E-state index is 11.3. The molecule has 15 heavy (non-hydrogen) atoms. The third kappa shape index (κ3) is 8.57. The molecule has 0 saturated heterocycles. The highest BCUT2D eigenvalue weighted by atomic mass is 32.2. The number of hydrogen-bond donors (Lipinski definition) is 1. The molecule has 0 heterocycles. The zero-order valence-electron chi connectivity index (χ0n) is 9.75. The monoisotopic (exact) mass is 235 g/mol. The van der Waals surface area contributed by atoms with E-state index in [1.165, 1.54) is 0 Å². The predicted octanol–water partition coefficient (Wildman–Crippen LogP) is 0.768. The molecule has 0 unspecified atom stereocenters. The van der Waals surface area contributed by atoms with Gasteiger partial charge in [-0.3, -0.25) is 4.79 Å². The van der Waals surface area contributed by atoms with E-state index in [-0.39, 0.29) is 36.3 Å². The number of hydrogen-bond acceptors (Lipinski definition) is 4. The van der Waals surface area contributed by atoms with Gasteiger partial charge in [0, 0.05) is 18.2 Å². The number of sulfone groups is 1. The molecule has 0 rings (SSSR count). The van der Waals surface area contributed by atoms with Gasteiger partial charge >= 0.3 is 0 Å². The Morgan fingerprint density at radius 1 is 1.27 bits per heavy atom. The first kappa shape index (κ1) is 14.6. The first-order valence-electron chi connectivity index (χ1n) is 5.33. The fraction of sp³-hybridized carbons (Fsp3) is 0.900. The molecule has 90 valence electrons. The van der Waals surface area contributed by atoms with Crippen molar-refractivity contribution in [1.29, 1.82) is 0 Å². The molecule has 0 fully saturated rings. The molecule has 0 aromatic rings. The summed E-state index contributed by atoms with van der Waals surface area (Å²) >= 11 is 0. The molecule has 0 aliphatic carbocycles. The molecule has 1 N–H and O–H groups in total. The number of carbonyl (C=O) groups excluding carboxylic acids is 1. The third-order valence-corrected chi connectivity index (χ3v) is 3.77. The predicted molar refractivity (Wildman–Crippen MR) is 61.7 cm³/mol. The lowest BCUT2D eigenvalue weighted by Gasteiger charge is -2.07. The van der Waals surface area contributed by atoms with E-state index in [0.29, 0.717) is 6.42 Å². The molecule has 0 aromatic carbocycles. The van der Waals surface area contributed by atoms with E-state index >= 15 is 0 Å². The van der Waals surface area contributed by atoms with Crippen LogP contribution in [0.25, 0.3) is 0 Å². The van der Waals surface area contributed by atoms with Crippen molar-refractivity contribution in [2.45, 2.75) is 39.7 Å². The fourth-order valence-electron chi connectivity index (χ4n) is 1.09. The molecular weight excluding hydrogens is 214 g/mol. The van der Waals surface area contributed by atoms with Gasteiger partial charge in [0.05, 0.1) is 12.3 Å². The summed E-state index contributed by atoms with van der Waals surface area (Å²) < 4.78 is 22.6. The number of rotatable bonds is 8. The van der Waals surface area contributed by atoms with Gasteiger partial charge in [-0.15, -0.1) is 0 Å². The normalized spacial score (nSPS) is 12.0. The van der Waals surface area contributed by atoms with Crippen molar-refractivity contribution in [1.82, 2.24) is 5.32 Å². The van der Waals surface area contributed by atoms with Gasteiger partial charge in [-0.25, -0.2) is 8.42 Å². The minimum atomic E-state index is -3.01. The number of Topliss-reactive ketones (excluding diaryl/α,β-unsaturated/α-hetero) is 1. The Bertz CT molecular complexity index is 283. The smallest absolute Gasteiger partial charge is 0.150 e.